The van der Waals surface area contributed by atoms with Crippen LogP contribution in [0.25, 0.3) is 11.1 Å². The van der Waals surface area contributed by atoms with Gasteiger partial charge in [-0.15, -0.1) is 11.3 Å². The van der Waals surface area contributed by atoms with E-state index in [9.17, 15) is 22.2 Å². The molecule has 33 heavy (non-hydrogen) atoms. The molecule has 1 aromatic carbocycles. The number of anilines is 2. The zero-order chi connectivity index (χ0) is 23.8. The van der Waals surface area contributed by atoms with E-state index in [0.29, 0.717) is 22.1 Å². The van der Waals surface area contributed by atoms with Crippen LogP contribution in [0.2, 0.25) is 0 Å². The van der Waals surface area contributed by atoms with Gasteiger partial charge >= 0.3 is 6.18 Å². The summed E-state index contributed by atoms with van der Waals surface area (Å²) >= 11 is 1.28. The fourth-order valence-corrected chi connectivity index (χ4v) is 5.18. The molecule has 1 amide bonds. The minimum Gasteiger partial charge on any atom is -0.325 e. The second-order valence-electron chi connectivity index (χ2n) is 8.21. The molecule has 0 bridgehead atoms. The molecule has 174 valence electrons. The molecule has 0 radical (unpaired) electrons. The van der Waals surface area contributed by atoms with Crippen molar-refractivity contribution in [2.45, 2.75) is 43.5 Å². The van der Waals surface area contributed by atoms with Gasteiger partial charge in [0.15, 0.2) is 5.13 Å². The van der Waals surface area contributed by atoms with Crippen LogP contribution in [-0.2, 0) is 27.4 Å². The van der Waals surface area contributed by atoms with E-state index < -0.39 is 28.1 Å². The van der Waals surface area contributed by atoms with E-state index in [2.05, 4.69) is 20.0 Å². The van der Waals surface area contributed by atoms with E-state index in [1.807, 2.05) is 0 Å². The number of pyridine rings is 1. The highest BCUT2D eigenvalue weighted by Gasteiger charge is 2.35. The Morgan fingerprint density at radius 1 is 1.15 bits per heavy atom. The van der Waals surface area contributed by atoms with Crippen LogP contribution in [0.3, 0.4) is 0 Å². The zero-order valence-electron chi connectivity index (χ0n) is 17.8. The van der Waals surface area contributed by atoms with Gasteiger partial charge in [0.1, 0.15) is 11.0 Å². The van der Waals surface area contributed by atoms with Crippen LogP contribution in [0, 0.1) is 0 Å². The Labute approximate surface area is 195 Å². The number of carbonyl (C=O) groups excluding carboxylic acids is 1. The molecule has 11 heteroatoms. The van der Waals surface area contributed by atoms with Crippen molar-refractivity contribution in [2.75, 3.05) is 10.0 Å². The summed E-state index contributed by atoms with van der Waals surface area (Å²) in [6.07, 6.45) is -0.358. The van der Waals surface area contributed by atoms with E-state index in [0.717, 1.165) is 25.1 Å². The van der Waals surface area contributed by atoms with Crippen molar-refractivity contribution in [2.24, 2.45) is 0 Å². The van der Waals surface area contributed by atoms with Crippen molar-refractivity contribution >= 4 is 39.0 Å². The van der Waals surface area contributed by atoms with Crippen LogP contribution in [0.5, 0.6) is 0 Å². The minimum atomic E-state index is -4.50. The molecule has 2 N–H and O–H groups in total. The SMILES string of the molecule is CC(C)(C(=O)Nc1ccc(-c2cnccc2C(F)(F)F)cc1)c1csc(NS(=O)C2CC2)n1. The van der Waals surface area contributed by atoms with Gasteiger partial charge in [-0.05, 0) is 50.5 Å². The molecule has 0 spiro atoms. The number of aromatic nitrogens is 2. The van der Waals surface area contributed by atoms with Crippen LogP contribution >= 0.6 is 11.3 Å². The van der Waals surface area contributed by atoms with Crippen molar-refractivity contribution in [3.63, 3.8) is 0 Å². The number of halogens is 3. The highest BCUT2D eigenvalue weighted by atomic mass is 32.2. The van der Waals surface area contributed by atoms with Crippen molar-refractivity contribution in [3.8, 4) is 11.1 Å². The van der Waals surface area contributed by atoms with Crippen LogP contribution < -0.4 is 10.0 Å². The highest BCUT2D eigenvalue weighted by Crippen LogP contribution is 2.37. The van der Waals surface area contributed by atoms with Crippen molar-refractivity contribution in [1.82, 2.24) is 9.97 Å². The number of benzene rings is 1. The summed E-state index contributed by atoms with van der Waals surface area (Å²) in [6.45, 7) is 3.44. The van der Waals surface area contributed by atoms with Gasteiger partial charge in [-0.2, -0.15) is 13.2 Å². The van der Waals surface area contributed by atoms with Gasteiger partial charge in [0, 0.05) is 29.0 Å². The lowest BCUT2D eigenvalue weighted by Gasteiger charge is -2.21. The summed E-state index contributed by atoms with van der Waals surface area (Å²) in [5, 5.41) is 5.20. The molecular weight excluding hydrogens is 473 g/mol. The first-order valence-corrected chi connectivity index (χ1v) is 12.2. The Hall–Kier alpha value is -2.79. The Kier molecular flexibility index (Phi) is 6.28. The fraction of sp³-hybridized carbons (Fsp3) is 0.318. The van der Waals surface area contributed by atoms with Gasteiger partial charge in [-0.3, -0.25) is 14.5 Å². The van der Waals surface area contributed by atoms with Crippen molar-refractivity contribution in [1.29, 1.82) is 0 Å². The monoisotopic (exact) mass is 494 g/mol. The molecule has 6 nitrogen and oxygen atoms in total. The number of hydrogen-bond donors (Lipinski definition) is 2. The summed E-state index contributed by atoms with van der Waals surface area (Å²) in [4.78, 5) is 21.2. The molecule has 1 unspecified atom stereocenters. The van der Waals surface area contributed by atoms with E-state index in [1.54, 1.807) is 31.4 Å². The molecule has 1 aliphatic rings. The lowest BCUT2D eigenvalue weighted by atomic mass is 9.89. The number of thiazole rings is 1. The summed E-state index contributed by atoms with van der Waals surface area (Å²) in [7, 11) is -1.17. The molecule has 1 atom stereocenters. The molecular formula is C22H21F3N4O2S2. The highest BCUT2D eigenvalue weighted by molar-refractivity contribution is 7.87. The first-order chi connectivity index (χ1) is 15.6. The predicted octanol–water partition coefficient (Wildman–Crippen LogP) is 5.38. The van der Waals surface area contributed by atoms with Gasteiger partial charge in [0.25, 0.3) is 0 Å². The largest absolute Gasteiger partial charge is 0.417 e. The maximum atomic E-state index is 13.3. The average Bonchev–Trinajstić information content (AvgIpc) is 3.52. The average molecular weight is 495 g/mol. The Bertz CT molecular complexity index is 1190. The van der Waals surface area contributed by atoms with Crippen LogP contribution in [0.1, 0.15) is 37.9 Å². The fourth-order valence-electron chi connectivity index (χ4n) is 3.07. The molecule has 0 aliphatic heterocycles. The third-order valence-electron chi connectivity index (χ3n) is 5.31. The lowest BCUT2D eigenvalue weighted by molar-refractivity contribution is -0.137. The predicted molar refractivity (Wildman–Crippen MR) is 123 cm³/mol. The number of nitrogens with one attached hydrogen (secondary N) is 2. The number of nitrogens with zero attached hydrogens (tertiary/aromatic N) is 2. The molecule has 1 saturated carbocycles. The summed E-state index contributed by atoms with van der Waals surface area (Å²) in [5.74, 6) is -0.326. The zero-order valence-corrected chi connectivity index (χ0v) is 19.4. The Balaban J connectivity index is 1.46. The normalized spacial score (nSPS) is 15.2. The second kappa shape index (κ2) is 8.86. The van der Waals surface area contributed by atoms with E-state index in [4.69, 9.17) is 0 Å². The van der Waals surface area contributed by atoms with Gasteiger partial charge in [-0.25, -0.2) is 9.19 Å². The standard InChI is InChI=1S/C22H21F3N4O2S2/c1-21(2,18-12-32-20(28-18)29-33(31)15-7-8-15)19(30)27-14-5-3-13(4-6-14)16-11-26-10-9-17(16)22(23,24)25/h3-6,9-12,15H,7-8H2,1-2H3,(H,27,30)(H,28,29). The molecule has 1 aliphatic carbocycles. The summed E-state index contributed by atoms with van der Waals surface area (Å²) < 4.78 is 54.8. The maximum absolute atomic E-state index is 13.3. The summed E-state index contributed by atoms with van der Waals surface area (Å²) in [5.41, 5.74) is -0.477. The van der Waals surface area contributed by atoms with Gasteiger partial charge in [0.2, 0.25) is 5.91 Å². The third-order valence-corrected chi connectivity index (χ3v) is 7.67. The molecule has 2 aromatic heterocycles. The van der Waals surface area contributed by atoms with E-state index in [1.165, 1.54) is 29.7 Å². The minimum absolute atomic E-state index is 0.0331. The van der Waals surface area contributed by atoms with Crippen LogP contribution in [-0.4, -0.2) is 25.3 Å². The number of carbonyl (C=O) groups is 1. The Morgan fingerprint density at radius 3 is 2.48 bits per heavy atom. The maximum Gasteiger partial charge on any atom is 0.417 e. The lowest BCUT2D eigenvalue weighted by Crippen LogP contribution is -2.35. The van der Waals surface area contributed by atoms with Gasteiger partial charge in [0.05, 0.1) is 21.9 Å². The van der Waals surface area contributed by atoms with E-state index >= 15 is 0 Å². The number of amides is 1. The number of rotatable bonds is 7. The van der Waals surface area contributed by atoms with Crippen molar-refractivity contribution < 1.29 is 22.2 Å². The van der Waals surface area contributed by atoms with E-state index in [-0.39, 0.29) is 16.7 Å². The van der Waals surface area contributed by atoms with Gasteiger partial charge in [-0.1, -0.05) is 12.1 Å². The molecule has 3 aromatic rings. The third kappa shape index (κ3) is 5.25. The summed E-state index contributed by atoms with van der Waals surface area (Å²) in [6, 6.07) is 7.04. The van der Waals surface area contributed by atoms with Crippen LogP contribution in [0.4, 0.5) is 24.0 Å². The second-order valence-corrected chi connectivity index (χ2v) is 10.5. The molecule has 4 rings (SSSR count). The number of alkyl halides is 3. The van der Waals surface area contributed by atoms with Gasteiger partial charge < -0.3 is 5.32 Å². The first-order valence-electron chi connectivity index (χ1n) is 10.1. The molecule has 1 fully saturated rings. The first kappa shape index (κ1) is 23.4. The van der Waals surface area contributed by atoms with Crippen LogP contribution in [0.15, 0.2) is 48.1 Å². The molecule has 2 heterocycles. The van der Waals surface area contributed by atoms with Crippen molar-refractivity contribution in [3.05, 3.63) is 59.4 Å². The quantitative estimate of drug-likeness (QED) is 0.462. The molecule has 0 saturated heterocycles. The smallest absolute Gasteiger partial charge is 0.325 e. The number of hydrogen-bond acceptors (Lipinski definition) is 5. The topological polar surface area (TPSA) is 84.0 Å². The Morgan fingerprint density at radius 2 is 1.85 bits per heavy atom.